The fourth-order valence-electron chi connectivity index (χ4n) is 1.83. The van der Waals surface area contributed by atoms with E-state index >= 15 is 0 Å². The molecule has 1 nitrogen and oxygen atoms in total. The van der Waals surface area contributed by atoms with Gasteiger partial charge < -0.3 is 5.32 Å². The molecule has 1 heteroatoms. The third kappa shape index (κ3) is 3.14. The van der Waals surface area contributed by atoms with Gasteiger partial charge in [-0.05, 0) is 25.7 Å². The first-order chi connectivity index (χ1) is 5.70. The highest BCUT2D eigenvalue weighted by Crippen LogP contribution is 2.18. The number of nitrogens with one attached hydrogen (secondary N) is 1. The van der Waals surface area contributed by atoms with Crippen molar-refractivity contribution < 1.29 is 0 Å². The maximum Gasteiger partial charge on any atom is 0.00696 e. The summed E-state index contributed by atoms with van der Waals surface area (Å²) in [6.45, 7) is 6.89. The van der Waals surface area contributed by atoms with E-state index in [9.17, 15) is 0 Å². The Morgan fingerprint density at radius 1 is 1.00 bits per heavy atom. The van der Waals surface area contributed by atoms with Crippen LogP contribution in [0, 0.1) is 5.92 Å². The first kappa shape index (κ1) is 10.0. The second-order valence-corrected chi connectivity index (χ2v) is 4.53. The molecule has 1 aliphatic carbocycles. The summed E-state index contributed by atoms with van der Waals surface area (Å²) >= 11 is 0. The maximum atomic E-state index is 3.72. The number of rotatable bonds is 3. The lowest BCUT2D eigenvalue weighted by Gasteiger charge is -2.28. The summed E-state index contributed by atoms with van der Waals surface area (Å²) in [5, 5.41) is 3.72. The van der Waals surface area contributed by atoms with Gasteiger partial charge in [0, 0.05) is 12.1 Å². The van der Waals surface area contributed by atoms with Crippen LogP contribution in [0.15, 0.2) is 0 Å². The normalized spacial score (nSPS) is 23.0. The zero-order valence-corrected chi connectivity index (χ0v) is 8.77. The molecule has 0 aromatic rings. The van der Waals surface area contributed by atoms with Crippen LogP contribution in [0.25, 0.3) is 0 Å². The molecule has 0 saturated heterocycles. The zero-order valence-electron chi connectivity index (χ0n) is 8.77. The Morgan fingerprint density at radius 3 is 2.08 bits per heavy atom. The van der Waals surface area contributed by atoms with E-state index in [0.29, 0.717) is 6.04 Å². The number of hydrogen-bond acceptors (Lipinski definition) is 1. The van der Waals surface area contributed by atoms with E-state index < -0.39 is 0 Å². The van der Waals surface area contributed by atoms with Crippen LogP contribution in [-0.2, 0) is 0 Å². The highest BCUT2D eigenvalue weighted by molar-refractivity contribution is 4.76. The van der Waals surface area contributed by atoms with Crippen LogP contribution in [0.5, 0.6) is 0 Å². The van der Waals surface area contributed by atoms with Gasteiger partial charge in [0.15, 0.2) is 0 Å². The van der Waals surface area contributed by atoms with Crippen molar-refractivity contribution in [3.05, 3.63) is 0 Å². The van der Waals surface area contributed by atoms with Crippen LogP contribution in [-0.4, -0.2) is 12.1 Å². The fraction of sp³-hybridized carbons (Fsp3) is 1.00. The van der Waals surface area contributed by atoms with Crippen molar-refractivity contribution in [1.29, 1.82) is 0 Å². The molecule has 1 fully saturated rings. The third-order valence-corrected chi connectivity index (χ3v) is 3.10. The lowest BCUT2D eigenvalue weighted by Crippen LogP contribution is -2.40. The van der Waals surface area contributed by atoms with Gasteiger partial charge in [-0.15, -0.1) is 0 Å². The van der Waals surface area contributed by atoms with E-state index in [1.165, 1.54) is 32.1 Å². The molecule has 0 aromatic carbocycles. The predicted octanol–water partition coefficient (Wildman–Crippen LogP) is 2.95. The van der Waals surface area contributed by atoms with E-state index in [1.54, 1.807) is 0 Å². The third-order valence-electron chi connectivity index (χ3n) is 3.10. The highest BCUT2D eigenvalue weighted by Gasteiger charge is 2.16. The van der Waals surface area contributed by atoms with Crippen LogP contribution in [0.3, 0.4) is 0 Å². The fourth-order valence-corrected chi connectivity index (χ4v) is 1.83. The van der Waals surface area contributed by atoms with Gasteiger partial charge in [-0.2, -0.15) is 0 Å². The van der Waals surface area contributed by atoms with E-state index in [0.717, 1.165) is 12.0 Å². The molecular weight excluding hydrogens is 146 g/mol. The minimum atomic E-state index is 0.688. The van der Waals surface area contributed by atoms with Crippen molar-refractivity contribution in [3.8, 4) is 0 Å². The molecule has 0 unspecified atom stereocenters. The molecule has 1 atom stereocenters. The molecule has 0 heterocycles. The smallest absolute Gasteiger partial charge is 0.00696 e. The molecule has 1 saturated carbocycles. The molecule has 1 rings (SSSR count). The van der Waals surface area contributed by atoms with Gasteiger partial charge >= 0.3 is 0 Å². The Balaban J connectivity index is 2.20. The summed E-state index contributed by atoms with van der Waals surface area (Å²) in [6, 6.07) is 1.50. The summed E-state index contributed by atoms with van der Waals surface area (Å²) in [6.07, 6.45) is 7.12. The average Bonchev–Trinajstić information content (AvgIpc) is 2.06. The molecule has 0 radical (unpaired) electrons. The maximum absolute atomic E-state index is 3.72. The van der Waals surface area contributed by atoms with Gasteiger partial charge in [0.2, 0.25) is 0 Å². The van der Waals surface area contributed by atoms with Crippen molar-refractivity contribution in [2.24, 2.45) is 5.92 Å². The average molecular weight is 169 g/mol. The number of hydrogen-bond donors (Lipinski definition) is 1. The van der Waals surface area contributed by atoms with Crippen molar-refractivity contribution >= 4 is 0 Å². The lowest BCUT2D eigenvalue weighted by atomic mass is 9.94. The molecule has 1 N–H and O–H groups in total. The van der Waals surface area contributed by atoms with Crippen LogP contribution in [0.1, 0.15) is 52.9 Å². The van der Waals surface area contributed by atoms with Gasteiger partial charge in [-0.3, -0.25) is 0 Å². The van der Waals surface area contributed by atoms with E-state index in [1.807, 2.05) is 0 Å². The van der Waals surface area contributed by atoms with Crippen molar-refractivity contribution in [2.45, 2.75) is 65.0 Å². The molecule has 1 aliphatic rings. The van der Waals surface area contributed by atoms with Gasteiger partial charge in [-0.1, -0.05) is 33.1 Å². The largest absolute Gasteiger partial charge is 0.311 e. The minimum absolute atomic E-state index is 0.688. The molecule has 72 valence electrons. The molecule has 0 bridgehead atoms. The molecule has 0 aromatic heterocycles. The monoisotopic (exact) mass is 169 g/mol. The standard InChI is InChI=1S/C11H23N/c1-9(2)10(3)12-11-7-5-4-6-8-11/h9-12H,4-8H2,1-3H3/t10-/m1/s1. The first-order valence-electron chi connectivity index (χ1n) is 5.46. The molecule has 0 spiro atoms. The quantitative estimate of drug-likeness (QED) is 0.685. The van der Waals surface area contributed by atoms with Gasteiger partial charge in [-0.25, -0.2) is 0 Å². The summed E-state index contributed by atoms with van der Waals surface area (Å²) in [5.41, 5.74) is 0. The van der Waals surface area contributed by atoms with Crippen LogP contribution >= 0.6 is 0 Å². The SMILES string of the molecule is CC(C)[C@@H](C)NC1CCCCC1. The van der Waals surface area contributed by atoms with Crippen LogP contribution < -0.4 is 5.32 Å². The summed E-state index contributed by atoms with van der Waals surface area (Å²) in [4.78, 5) is 0. The molecule has 0 aliphatic heterocycles. The topological polar surface area (TPSA) is 12.0 Å². The predicted molar refractivity (Wildman–Crippen MR) is 54.3 cm³/mol. The molecule has 0 amide bonds. The lowest BCUT2D eigenvalue weighted by molar-refractivity contribution is 0.309. The minimum Gasteiger partial charge on any atom is -0.311 e. The molecular formula is C11H23N. The Kier molecular flexibility index (Phi) is 4.07. The van der Waals surface area contributed by atoms with Crippen molar-refractivity contribution in [1.82, 2.24) is 5.32 Å². The summed E-state index contributed by atoms with van der Waals surface area (Å²) in [7, 11) is 0. The second kappa shape index (κ2) is 4.86. The Hall–Kier alpha value is -0.0400. The van der Waals surface area contributed by atoms with Gasteiger partial charge in [0.25, 0.3) is 0 Å². The molecule has 12 heavy (non-hydrogen) atoms. The van der Waals surface area contributed by atoms with Crippen molar-refractivity contribution in [3.63, 3.8) is 0 Å². The van der Waals surface area contributed by atoms with Gasteiger partial charge in [0.1, 0.15) is 0 Å². The summed E-state index contributed by atoms with van der Waals surface area (Å²) < 4.78 is 0. The Morgan fingerprint density at radius 2 is 1.58 bits per heavy atom. The summed E-state index contributed by atoms with van der Waals surface area (Å²) in [5.74, 6) is 0.770. The van der Waals surface area contributed by atoms with Crippen molar-refractivity contribution in [2.75, 3.05) is 0 Å². The highest BCUT2D eigenvalue weighted by atomic mass is 14.9. The van der Waals surface area contributed by atoms with E-state index in [2.05, 4.69) is 26.1 Å². The zero-order chi connectivity index (χ0) is 8.97. The van der Waals surface area contributed by atoms with Crippen LogP contribution in [0.4, 0.5) is 0 Å². The van der Waals surface area contributed by atoms with Gasteiger partial charge in [0.05, 0.1) is 0 Å². The van der Waals surface area contributed by atoms with E-state index in [4.69, 9.17) is 0 Å². The Labute approximate surface area is 76.9 Å². The second-order valence-electron chi connectivity index (χ2n) is 4.53. The Bertz CT molecular complexity index is 114. The van der Waals surface area contributed by atoms with E-state index in [-0.39, 0.29) is 0 Å². The van der Waals surface area contributed by atoms with Crippen LogP contribution in [0.2, 0.25) is 0 Å². The first-order valence-corrected chi connectivity index (χ1v) is 5.46.